The number of alkyl carbamates (subject to hydrolysis) is 1. The highest BCUT2D eigenvalue weighted by Gasteiger charge is 2.31. The van der Waals surface area contributed by atoms with Crippen molar-refractivity contribution in [2.24, 2.45) is 5.92 Å². The summed E-state index contributed by atoms with van der Waals surface area (Å²) in [4.78, 5) is 36.9. The Hall–Kier alpha value is -2.22. The van der Waals surface area contributed by atoms with Crippen LogP contribution in [0.3, 0.4) is 0 Å². The molecule has 0 bridgehead atoms. The number of ether oxygens (including phenoxy) is 1. The first kappa shape index (κ1) is 37.9. The molecule has 220 valence electrons. The summed E-state index contributed by atoms with van der Waals surface area (Å²) < 4.78 is 5.27. The molecule has 7 nitrogen and oxygen atoms in total. The van der Waals surface area contributed by atoms with Crippen molar-refractivity contribution in [1.82, 2.24) is 10.6 Å². The third-order valence-electron chi connectivity index (χ3n) is 5.74. The number of rotatable bonds is 16. The molecule has 1 unspecified atom stereocenters. The SMILES string of the molecule is C.CCC(C)[C@H](NC(=O)OC(C)(C)C)C(=O)N[C@@H](CSC/C=C(\C)CC/C=C(\C)CCC=C(C)C)C(=O)O. The summed E-state index contributed by atoms with van der Waals surface area (Å²) in [5.41, 5.74) is 3.31. The molecular formula is C30H54N2O5S. The molecule has 0 heterocycles. The zero-order chi connectivity index (χ0) is 28.6. The van der Waals surface area contributed by atoms with Crippen LogP contribution in [0.1, 0.15) is 102 Å². The number of carbonyl (C=O) groups excluding carboxylic acids is 2. The van der Waals surface area contributed by atoms with Crippen LogP contribution in [0, 0.1) is 5.92 Å². The van der Waals surface area contributed by atoms with E-state index in [9.17, 15) is 19.5 Å². The summed E-state index contributed by atoms with van der Waals surface area (Å²) in [5, 5.41) is 14.8. The number of carbonyl (C=O) groups is 3. The fraction of sp³-hybridized carbons (Fsp3) is 0.700. The number of hydrogen-bond acceptors (Lipinski definition) is 5. The van der Waals surface area contributed by atoms with Crippen molar-refractivity contribution in [3.63, 3.8) is 0 Å². The van der Waals surface area contributed by atoms with Gasteiger partial charge in [-0.3, -0.25) is 4.79 Å². The monoisotopic (exact) mass is 554 g/mol. The molecule has 0 aromatic rings. The topological polar surface area (TPSA) is 105 Å². The molecule has 38 heavy (non-hydrogen) atoms. The minimum Gasteiger partial charge on any atom is -0.480 e. The van der Waals surface area contributed by atoms with Gasteiger partial charge in [0.25, 0.3) is 0 Å². The molecule has 0 aliphatic rings. The van der Waals surface area contributed by atoms with Gasteiger partial charge in [-0.2, -0.15) is 11.8 Å². The van der Waals surface area contributed by atoms with E-state index in [1.165, 1.54) is 28.5 Å². The summed E-state index contributed by atoms with van der Waals surface area (Å²) >= 11 is 1.46. The Balaban J connectivity index is 0. The van der Waals surface area contributed by atoms with E-state index in [4.69, 9.17) is 4.74 Å². The van der Waals surface area contributed by atoms with Gasteiger partial charge < -0.3 is 20.5 Å². The van der Waals surface area contributed by atoms with Crippen molar-refractivity contribution in [2.75, 3.05) is 11.5 Å². The summed E-state index contributed by atoms with van der Waals surface area (Å²) in [6.45, 7) is 17.4. The van der Waals surface area contributed by atoms with Gasteiger partial charge >= 0.3 is 12.1 Å². The molecule has 0 aliphatic carbocycles. The third kappa shape index (κ3) is 18.9. The van der Waals surface area contributed by atoms with Crippen LogP contribution in [0.25, 0.3) is 0 Å². The minimum absolute atomic E-state index is 0. The van der Waals surface area contributed by atoms with Crippen LogP contribution in [0.2, 0.25) is 0 Å². The van der Waals surface area contributed by atoms with Crippen molar-refractivity contribution in [2.45, 2.75) is 120 Å². The Morgan fingerprint density at radius 1 is 0.947 bits per heavy atom. The Morgan fingerprint density at radius 3 is 2.00 bits per heavy atom. The van der Waals surface area contributed by atoms with Crippen molar-refractivity contribution in [3.8, 4) is 0 Å². The molecule has 8 heteroatoms. The lowest BCUT2D eigenvalue weighted by atomic mass is 9.98. The van der Waals surface area contributed by atoms with Gasteiger partial charge in [0.1, 0.15) is 17.7 Å². The number of carboxylic acid groups (broad SMARTS) is 1. The van der Waals surface area contributed by atoms with E-state index in [0.717, 1.165) is 25.7 Å². The molecular weight excluding hydrogens is 500 g/mol. The van der Waals surface area contributed by atoms with Crippen molar-refractivity contribution >= 4 is 29.7 Å². The highest BCUT2D eigenvalue weighted by Crippen LogP contribution is 2.14. The number of allylic oxidation sites excluding steroid dienone is 5. The first-order chi connectivity index (χ1) is 17.2. The van der Waals surface area contributed by atoms with Crippen LogP contribution in [0.15, 0.2) is 34.9 Å². The molecule has 0 spiro atoms. The van der Waals surface area contributed by atoms with Gasteiger partial charge in [0.2, 0.25) is 5.91 Å². The summed E-state index contributed by atoms with van der Waals surface area (Å²) in [6.07, 6.45) is 10.7. The molecule has 0 aromatic carbocycles. The normalized spacial score (nSPS) is 14.4. The third-order valence-corrected chi connectivity index (χ3v) is 6.71. The molecule has 0 radical (unpaired) electrons. The van der Waals surface area contributed by atoms with E-state index in [2.05, 4.69) is 56.6 Å². The fourth-order valence-corrected chi connectivity index (χ4v) is 4.30. The highest BCUT2D eigenvalue weighted by molar-refractivity contribution is 7.99. The lowest BCUT2D eigenvalue weighted by molar-refractivity contribution is -0.141. The van der Waals surface area contributed by atoms with Gasteiger partial charge in [-0.15, -0.1) is 0 Å². The number of nitrogens with one attached hydrogen (secondary N) is 2. The molecule has 0 saturated carbocycles. The van der Waals surface area contributed by atoms with Gasteiger partial charge in [0, 0.05) is 11.5 Å². The van der Waals surface area contributed by atoms with Crippen molar-refractivity contribution in [1.29, 1.82) is 0 Å². The van der Waals surface area contributed by atoms with Crippen LogP contribution in [0.4, 0.5) is 4.79 Å². The summed E-state index contributed by atoms with van der Waals surface area (Å²) in [5.74, 6) is -0.916. The molecule has 2 amide bonds. The van der Waals surface area contributed by atoms with E-state index in [0.29, 0.717) is 12.2 Å². The van der Waals surface area contributed by atoms with Gasteiger partial charge in [0.15, 0.2) is 0 Å². The second-order valence-electron chi connectivity index (χ2n) is 10.9. The van der Waals surface area contributed by atoms with Crippen LogP contribution < -0.4 is 10.6 Å². The lowest BCUT2D eigenvalue weighted by Crippen LogP contribution is -2.55. The molecule has 3 atom stereocenters. The Morgan fingerprint density at radius 2 is 1.50 bits per heavy atom. The quantitative estimate of drug-likeness (QED) is 0.137. The van der Waals surface area contributed by atoms with Crippen LogP contribution in [-0.4, -0.2) is 52.3 Å². The molecule has 3 N–H and O–H groups in total. The van der Waals surface area contributed by atoms with Crippen LogP contribution in [-0.2, 0) is 14.3 Å². The number of amides is 2. The van der Waals surface area contributed by atoms with Crippen molar-refractivity contribution in [3.05, 3.63) is 34.9 Å². The van der Waals surface area contributed by atoms with E-state index >= 15 is 0 Å². The van der Waals surface area contributed by atoms with Gasteiger partial charge in [-0.25, -0.2) is 9.59 Å². The van der Waals surface area contributed by atoms with Crippen LogP contribution in [0.5, 0.6) is 0 Å². The van der Waals surface area contributed by atoms with E-state index < -0.39 is 35.7 Å². The second-order valence-corrected chi connectivity index (χ2v) is 12.0. The number of thioether (sulfide) groups is 1. The minimum atomic E-state index is -1.10. The second kappa shape index (κ2) is 19.8. The number of carboxylic acids is 1. The molecule has 0 aliphatic heterocycles. The Kier molecular flexibility index (Phi) is 19.8. The van der Waals surface area contributed by atoms with Gasteiger partial charge in [0.05, 0.1) is 0 Å². The summed E-state index contributed by atoms with van der Waals surface area (Å²) in [6, 6.07) is -1.93. The molecule has 0 rings (SSSR count). The maximum atomic E-state index is 12.9. The fourth-order valence-electron chi connectivity index (χ4n) is 3.30. The number of aliphatic carboxylic acids is 1. The van der Waals surface area contributed by atoms with Gasteiger partial charge in [-0.1, -0.05) is 62.6 Å². The maximum absolute atomic E-state index is 12.9. The Labute approximate surface area is 236 Å². The van der Waals surface area contributed by atoms with Crippen molar-refractivity contribution < 1.29 is 24.2 Å². The largest absolute Gasteiger partial charge is 0.480 e. The maximum Gasteiger partial charge on any atom is 0.408 e. The predicted octanol–water partition coefficient (Wildman–Crippen LogP) is 7.28. The zero-order valence-electron chi connectivity index (χ0n) is 24.4. The van der Waals surface area contributed by atoms with E-state index in [1.807, 2.05) is 13.8 Å². The zero-order valence-corrected chi connectivity index (χ0v) is 25.2. The predicted molar refractivity (Wildman–Crippen MR) is 162 cm³/mol. The van der Waals surface area contributed by atoms with Gasteiger partial charge in [-0.05, 0) is 80.1 Å². The highest BCUT2D eigenvalue weighted by atomic mass is 32.2. The van der Waals surface area contributed by atoms with E-state index in [1.54, 1.807) is 20.8 Å². The first-order valence-corrected chi connectivity index (χ1v) is 14.4. The first-order valence-electron chi connectivity index (χ1n) is 13.2. The molecule has 0 aromatic heterocycles. The lowest BCUT2D eigenvalue weighted by Gasteiger charge is -2.27. The average Bonchev–Trinajstić information content (AvgIpc) is 2.77. The molecule has 0 saturated heterocycles. The smallest absolute Gasteiger partial charge is 0.408 e. The molecule has 0 fully saturated rings. The standard InChI is InChI=1S/C29H50N2O5S.CH4/c1-10-23(6)25(31-28(35)36-29(7,8)9)26(32)30-24(27(33)34)19-37-18-17-22(5)16-12-15-21(4)14-11-13-20(2)3;/h13,15,17,23-25H,10-12,14,16,18-19H2,1-9H3,(H,30,32)(H,31,35)(H,33,34);1H4/b21-15+,22-17+;/t23?,24-,25-;/m0./s1. The average molecular weight is 555 g/mol. The summed E-state index contributed by atoms with van der Waals surface area (Å²) in [7, 11) is 0. The van der Waals surface area contributed by atoms with Crippen LogP contribution >= 0.6 is 11.8 Å². The van der Waals surface area contributed by atoms with E-state index in [-0.39, 0.29) is 19.1 Å². The number of hydrogen-bond donors (Lipinski definition) is 3. The Bertz CT molecular complexity index is 823.